The van der Waals surface area contributed by atoms with Crippen LogP contribution in [0.15, 0.2) is 45.6 Å². The Hall–Kier alpha value is -3.01. The van der Waals surface area contributed by atoms with E-state index in [-0.39, 0.29) is 17.7 Å². The topological polar surface area (TPSA) is 104 Å². The molecule has 1 aromatic carbocycles. The molecule has 0 bridgehead atoms. The van der Waals surface area contributed by atoms with Crippen molar-refractivity contribution in [1.29, 1.82) is 0 Å². The maximum absolute atomic E-state index is 13.5. The zero-order valence-electron chi connectivity index (χ0n) is 15.7. The van der Waals surface area contributed by atoms with Gasteiger partial charge in [-0.3, -0.25) is 4.90 Å². The van der Waals surface area contributed by atoms with Crippen LogP contribution < -0.4 is 0 Å². The first-order valence-corrected chi connectivity index (χ1v) is 9.71. The lowest BCUT2D eigenvalue weighted by molar-refractivity contribution is 0.117. The van der Waals surface area contributed by atoms with E-state index in [0.717, 1.165) is 17.1 Å². The lowest BCUT2D eigenvalue weighted by atomic mass is 10.0. The third kappa shape index (κ3) is 3.51. The molecule has 1 atom stereocenters. The molecule has 8 nitrogen and oxygen atoms in total. The van der Waals surface area contributed by atoms with E-state index >= 15 is 0 Å². The molecule has 30 heavy (non-hydrogen) atoms. The number of H-pyrrole nitrogens is 1. The highest BCUT2D eigenvalue weighted by Crippen LogP contribution is 2.34. The van der Waals surface area contributed by atoms with Crippen molar-refractivity contribution in [2.75, 3.05) is 0 Å². The average molecular weight is 430 g/mol. The fourth-order valence-corrected chi connectivity index (χ4v) is 3.79. The van der Waals surface area contributed by atoms with Gasteiger partial charge in [0.15, 0.2) is 0 Å². The van der Waals surface area contributed by atoms with Crippen LogP contribution in [0.3, 0.4) is 0 Å². The van der Waals surface area contributed by atoms with E-state index in [1.807, 2.05) is 6.07 Å². The average Bonchev–Trinajstić information content (AvgIpc) is 3.49. The Morgan fingerprint density at radius 2 is 2.13 bits per heavy atom. The van der Waals surface area contributed by atoms with Gasteiger partial charge in [-0.15, -0.1) is 0 Å². The van der Waals surface area contributed by atoms with Gasteiger partial charge in [-0.1, -0.05) is 16.8 Å². The molecule has 0 spiro atoms. The first kappa shape index (κ1) is 19.0. The highest BCUT2D eigenvalue weighted by atomic mass is 35.5. The Balaban J connectivity index is 1.45. The van der Waals surface area contributed by atoms with Crippen molar-refractivity contribution in [3.05, 3.63) is 76.3 Å². The molecule has 4 heterocycles. The van der Waals surface area contributed by atoms with Gasteiger partial charge in [-0.25, -0.2) is 9.37 Å². The number of hydrogen-bond acceptors (Lipinski definition) is 7. The van der Waals surface area contributed by atoms with E-state index in [9.17, 15) is 9.50 Å². The van der Waals surface area contributed by atoms with Crippen LogP contribution in [0.2, 0.25) is 5.02 Å². The summed E-state index contributed by atoms with van der Waals surface area (Å²) in [4.78, 5) is 14.2. The van der Waals surface area contributed by atoms with Crippen LogP contribution in [0.1, 0.15) is 34.8 Å². The van der Waals surface area contributed by atoms with E-state index in [1.165, 1.54) is 12.1 Å². The molecule has 2 N–H and O–H groups in total. The Morgan fingerprint density at radius 1 is 1.27 bits per heavy atom. The third-order valence-electron chi connectivity index (χ3n) is 5.13. The number of benzene rings is 1. The van der Waals surface area contributed by atoms with Crippen LogP contribution in [-0.2, 0) is 26.1 Å². The van der Waals surface area contributed by atoms with E-state index in [1.54, 1.807) is 18.5 Å². The van der Waals surface area contributed by atoms with E-state index in [0.29, 0.717) is 42.5 Å². The summed E-state index contributed by atoms with van der Waals surface area (Å²) >= 11 is 5.88. The normalized spacial score (nSPS) is 16.7. The molecule has 1 aliphatic rings. The summed E-state index contributed by atoms with van der Waals surface area (Å²) in [5.41, 5.74) is 2.53. The molecule has 3 aromatic heterocycles. The molecule has 0 radical (unpaired) electrons. The van der Waals surface area contributed by atoms with E-state index < -0.39 is 5.82 Å². The van der Waals surface area contributed by atoms with Crippen molar-refractivity contribution in [2.24, 2.45) is 0 Å². The van der Waals surface area contributed by atoms with Crippen LogP contribution in [0.5, 0.6) is 0 Å². The number of furan rings is 1. The molecule has 0 saturated heterocycles. The predicted octanol–water partition coefficient (Wildman–Crippen LogP) is 3.64. The SMILES string of the molecule is OCc1ccc(CN2Cc3[nH]cnc3CC2c2nc(-c3ccc(F)c(Cl)c3)no2)o1. The van der Waals surface area contributed by atoms with E-state index in [4.69, 9.17) is 20.5 Å². The van der Waals surface area contributed by atoms with Crippen molar-refractivity contribution in [1.82, 2.24) is 25.0 Å². The third-order valence-corrected chi connectivity index (χ3v) is 5.42. The first-order chi connectivity index (χ1) is 14.6. The summed E-state index contributed by atoms with van der Waals surface area (Å²) in [7, 11) is 0. The van der Waals surface area contributed by atoms with Crippen LogP contribution in [0.4, 0.5) is 4.39 Å². The minimum atomic E-state index is -0.505. The van der Waals surface area contributed by atoms with Crippen LogP contribution in [-0.4, -0.2) is 30.1 Å². The minimum Gasteiger partial charge on any atom is -0.462 e. The number of rotatable bonds is 5. The van der Waals surface area contributed by atoms with Gasteiger partial charge in [0.05, 0.1) is 35.3 Å². The number of aromatic nitrogens is 4. The Labute approximate surface area is 175 Å². The van der Waals surface area contributed by atoms with Crippen molar-refractivity contribution in [3.8, 4) is 11.4 Å². The summed E-state index contributed by atoms with van der Waals surface area (Å²) in [5.74, 6) is 1.48. The quantitative estimate of drug-likeness (QED) is 0.499. The minimum absolute atomic E-state index is 0.00295. The van der Waals surface area contributed by atoms with Crippen molar-refractivity contribution < 1.29 is 18.4 Å². The van der Waals surface area contributed by atoms with Gasteiger partial charge in [0.2, 0.25) is 11.7 Å². The molecule has 1 aliphatic heterocycles. The molecular formula is C20H17ClFN5O3. The van der Waals surface area contributed by atoms with Crippen LogP contribution in [0, 0.1) is 5.82 Å². The zero-order valence-corrected chi connectivity index (χ0v) is 16.4. The van der Waals surface area contributed by atoms with Crippen molar-refractivity contribution >= 4 is 11.6 Å². The molecule has 0 amide bonds. The molecule has 10 heteroatoms. The summed E-state index contributed by atoms with van der Waals surface area (Å²) < 4.78 is 24.7. The molecular weight excluding hydrogens is 413 g/mol. The number of aliphatic hydroxyl groups excluding tert-OH is 1. The maximum atomic E-state index is 13.5. The first-order valence-electron chi connectivity index (χ1n) is 9.33. The van der Waals surface area contributed by atoms with Gasteiger partial charge >= 0.3 is 0 Å². The number of hydrogen-bond donors (Lipinski definition) is 2. The summed E-state index contributed by atoms with van der Waals surface area (Å²) in [6.45, 7) is 0.930. The molecule has 154 valence electrons. The second-order valence-corrected chi connectivity index (χ2v) is 7.47. The number of imidazole rings is 1. The zero-order chi connectivity index (χ0) is 20.7. The Kier molecular flexibility index (Phi) is 4.86. The Morgan fingerprint density at radius 3 is 2.93 bits per heavy atom. The monoisotopic (exact) mass is 429 g/mol. The van der Waals surface area contributed by atoms with Gasteiger partial charge in [0.25, 0.3) is 0 Å². The molecule has 0 fully saturated rings. The molecule has 4 aromatic rings. The Bertz CT molecular complexity index is 1190. The van der Waals surface area contributed by atoms with Crippen molar-refractivity contribution in [3.63, 3.8) is 0 Å². The number of nitrogens with zero attached hydrogens (tertiary/aromatic N) is 4. The number of fused-ring (bicyclic) bond motifs is 1. The highest BCUT2D eigenvalue weighted by molar-refractivity contribution is 6.31. The number of aromatic amines is 1. The standard InChI is InChI=1S/C20H17ClFN5O3/c21-14-5-11(1-4-15(14)22)19-25-20(30-26-19)18-6-16-17(24-10-23-16)8-27(18)7-12-2-3-13(9-28)29-12/h1-5,10,18,28H,6-9H2,(H,23,24). The van der Waals surface area contributed by atoms with Crippen LogP contribution in [0.25, 0.3) is 11.4 Å². The largest absolute Gasteiger partial charge is 0.462 e. The lowest BCUT2D eigenvalue weighted by Crippen LogP contribution is -2.34. The molecule has 0 saturated carbocycles. The van der Waals surface area contributed by atoms with Gasteiger partial charge in [-0.2, -0.15) is 4.98 Å². The van der Waals surface area contributed by atoms with Gasteiger partial charge < -0.3 is 19.0 Å². The number of halogens is 2. The fourth-order valence-electron chi connectivity index (χ4n) is 3.61. The molecule has 5 rings (SSSR count). The highest BCUT2D eigenvalue weighted by Gasteiger charge is 2.33. The summed E-state index contributed by atoms with van der Waals surface area (Å²) in [6, 6.07) is 7.66. The van der Waals surface area contributed by atoms with Gasteiger partial charge in [0.1, 0.15) is 23.9 Å². The van der Waals surface area contributed by atoms with Crippen LogP contribution >= 0.6 is 11.6 Å². The number of aliphatic hydroxyl groups is 1. The molecule has 1 unspecified atom stereocenters. The smallest absolute Gasteiger partial charge is 0.244 e. The second kappa shape index (κ2) is 7.67. The summed E-state index contributed by atoms with van der Waals surface area (Å²) in [5, 5.41) is 13.3. The van der Waals surface area contributed by atoms with E-state index in [2.05, 4.69) is 25.0 Å². The molecule has 0 aliphatic carbocycles. The maximum Gasteiger partial charge on any atom is 0.244 e. The van der Waals surface area contributed by atoms with Gasteiger partial charge in [0, 0.05) is 18.5 Å². The van der Waals surface area contributed by atoms with Crippen molar-refractivity contribution in [2.45, 2.75) is 32.2 Å². The number of nitrogens with one attached hydrogen (secondary N) is 1. The second-order valence-electron chi connectivity index (χ2n) is 7.06. The lowest BCUT2D eigenvalue weighted by Gasteiger charge is -2.31. The fraction of sp³-hybridized carbons (Fsp3) is 0.250. The van der Waals surface area contributed by atoms with Gasteiger partial charge in [-0.05, 0) is 30.3 Å². The predicted molar refractivity (Wildman–Crippen MR) is 104 cm³/mol. The summed E-state index contributed by atoms with van der Waals surface area (Å²) in [6.07, 6.45) is 2.25.